The summed E-state index contributed by atoms with van der Waals surface area (Å²) >= 11 is 0. The lowest BCUT2D eigenvalue weighted by Crippen LogP contribution is -2.52. The van der Waals surface area contributed by atoms with Crippen LogP contribution in [-0.4, -0.2) is 48.4 Å². The number of aromatic nitrogens is 2. The predicted molar refractivity (Wildman–Crippen MR) is 79.1 cm³/mol. The highest BCUT2D eigenvalue weighted by Gasteiger charge is 2.28. The van der Waals surface area contributed by atoms with E-state index in [9.17, 15) is 0 Å². The molecule has 2 heterocycles. The van der Waals surface area contributed by atoms with E-state index < -0.39 is 0 Å². The molecule has 1 atom stereocenters. The topological polar surface area (TPSA) is 50.3 Å². The summed E-state index contributed by atoms with van der Waals surface area (Å²) in [4.78, 5) is 11.4. The molecule has 1 aromatic heterocycles. The van der Waals surface area contributed by atoms with Crippen molar-refractivity contribution in [1.29, 1.82) is 0 Å². The van der Waals surface area contributed by atoms with E-state index in [1.165, 1.54) is 17.7 Å². The number of nitrogens with zero attached hydrogens (tertiary/aromatic N) is 3. The molecule has 0 saturated carbocycles. The van der Waals surface area contributed by atoms with Crippen LogP contribution in [0.1, 0.15) is 31.5 Å². The van der Waals surface area contributed by atoms with E-state index in [2.05, 4.69) is 34.0 Å². The van der Waals surface area contributed by atoms with Gasteiger partial charge in [-0.3, -0.25) is 0 Å². The molecule has 20 heavy (non-hydrogen) atoms. The van der Waals surface area contributed by atoms with E-state index in [1.807, 2.05) is 0 Å². The molecule has 1 fully saturated rings. The van der Waals surface area contributed by atoms with Crippen molar-refractivity contribution in [3.8, 4) is 0 Å². The van der Waals surface area contributed by atoms with Crippen molar-refractivity contribution >= 4 is 5.82 Å². The van der Waals surface area contributed by atoms with Crippen molar-refractivity contribution in [3.05, 3.63) is 17.6 Å². The Kier molecular flexibility index (Phi) is 4.17. The van der Waals surface area contributed by atoms with Crippen LogP contribution in [0.15, 0.2) is 6.33 Å². The monoisotopic (exact) mass is 276 g/mol. The van der Waals surface area contributed by atoms with Gasteiger partial charge in [-0.2, -0.15) is 0 Å². The number of fused-ring (bicyclic) bond motifs is 1. The zero-order chi connectivity index (χ0) is 13.9. The molecule has 1 saturated heterocycles. The van der Waals surface area contributed by atoms with E-state index in [0.717, 1.165) is 45.0 Å². The molecule has 1 aliphatic carbocycles. The first-order valence-electron chi connectivity index (χ1n) is 7.66. The first-order valence-corrected chi connectivity index (χ1v) is 7.66. The van der Waals surface area contributed by atoms with Gasteiger partial charge in [0.1, 0.15) is 12.1 Å². The van der Waals surface area contributed by atoms with Crippen molar-refractivity contribution in [2.75, 3.05) is 31.2 Å². The normalized spacial score (nSPS) is 22.4. The SMILES string of the molecule is CC(C)NCC1COCCN1c1ncnc2c1CCC2. The minimum atomic E-state index is 0.366. The third-order valence-corrected chi connectivity index (χ3v) is 4.11. The van der Waals surface area contributed by atoms with Gasteiger partial charge in [0.15, 0.2) is 0 Å². The maximum absolute atomic E-state index is 5.66. The second-order valence-corrected chi connectivity index (χ2v) is 5.96. The number of aryl methyl sites for hydroxylation is 1. The van der Waals surface area contributed by atoms with E-state index in [0.29, 0.717) is 12.1 Å². The molecule has 0 amide bonds. The van der Waals surface area contributed by atoms with Crippen LogP contribution >= 0.6 is 0 Å². The minimum Gasteiger partial charge on any atom is -0.377 e. The fourth-order valence-corrected chi connectivity index (χ4v) is 3.06. The van der Waals surface area contributed by atoms with Crippen molar-refractivity contribution in [2.24, 2.45) is 0 Å². The quantitative estimate of drug-likeness (QED) is 0.894. The zero-order valence-corrected chi connectivity index (χ0v) is 12.4. The Morgan fingerprint density at radius 3 is 3.15 bits per heavy atom. The molecule has 110 valence electrons. The molecule has 3 rings (SSSR count). The lowest BCUT2D eigenvalue weighted by Gasteiger charge is -2.37. The van der Waals surface area contributed by atoms with E-state index in [1.54, 1.807) is 6.33 Å². The second kappa shape index (κ2) is 6.06. The first kappa shape index (κ1) is 13.8. The number of anilines is 1. The number of ether oxygens (including phenoxy) is 1. The molecule has 2 aliphatic rings. The Bertz CT molecular complexity index is 463. The van der Waals surface area contributed by atoms with Crippen molar-refractivity contribution in [1.82, 2.24) is 15.3 Å². The maximum atomic E-state index is 5.66. The van der Waals surface area contributed by atoms with E-state index >= 15 is 0 Å². The van der Waals surface area contributed by atoms with Gasteiger partial charge in [-0.15, -0.1) is 0 Å². The Morgan fingerprint density at radius 1 is 1.40 bits per heavy atom. The van der Waals surface area contributed by atoms with Crippen molar-refractivity contribution < 1.29 is 4.74 Å². The minimum absolute atomic E-state index is 0.366. The number of rotatable bonds is 4. The smallest absolute Gasteiger partial charge is 0.135 e. The summed E-state index contributed by atoms with van der Waals surface area (Å²) in [5, 5.41) is 3.52. The van der Waals surface area contributed by atoms with Crippen LogP contribution in [0.3, 0.4) is 0 Å². The van der Waals surface area contributed by atoms with Crippen LogP contribution in [-0.2, 0) is 17.6 Å². The lowest BCUT2D eigenvalue weighted by molar-refractivity contribution is 0.0927. The van der Waals surface area contributed by atoms with E-state index in [-0.39, 0.29) is 0 Å². The molecule has 1 aromatic rings. The predicted octanol–water partition coefficient (Wildman–Crippen LogP) is 1.17. The third kappa shape index (κ3) is 2.79. The molecule has 0 aromatic carbocycles. The average molecular weight is 276 g/mol. The van der Waals surface area contributed by atoms with Gasteiger partial charge in [-0.25, -0.2) is 9.97 Å². The van der Waals surface area contributed by atoms with Crippen LogP contribution in [0.4, 0.5) is 5.82 Å². The first-order chi connectivity index (χ1) is 9.75. The largest absolute Gasteiger partial charge is 0.377 e. The molecule has 5 heteroatoms. The van der Waals surface area contributed by atoms with Gasteiger partial charge in [-0.1, -0.05) is 13.8 Å². The van der Waals surface area contributed by atoms with Crippen LogP contribution in [0, 0.1) is 0 Å². The fourth-order valence-electron chi connectivity index (χ4n) is 3.06. The number of morpholine rings is 1. The van der Waals surface area contributed by atoms with Gasteiger partial charge < -0.3 is 15.0 Å². The van der Waals surface area contributed by atoms with Gasteiger partial charge in [0, 0.05) is 30.4 Å². The van der Waals surface area contributed by atoms with Crippen molar-refractivity contribution in [3.63, 3.8) is 0 Å². The fraction of sp³-hybridized carbons (Fsp3) is 0.733. The molecular weight excluding hydrogens is 252 g/mol. The van der Waals surface area contributed by atoms with Crippen LogP contribution in [0.2, 0.25) is 0 Å². The van der Waals surface area contributed by atoms with Crippen LogP contribution in [0.5, 0.6) is 0 Å². The highest BCUT2D eigenvalue weighted by Crippen LogP contribution is 2.29. The molecular formula is C15H24N4O. The zero-order valence-electron chi connectivity index (χ0n) is 12.4. The molecule has 1 N–H and O–H groups in total. The Hall–Kier alpha value is -1.20. The van der Waals surface area contributed by atoms with Gasteiger partial charge >= 0.3 is 0 Å². The summed E-state index contributed by atoms with van der Waals surface area (Å²) in [6.07, 6.45) is 5.15. The average Bonchev–Trinajstić information content (AvgIpc) is 2.93. The van der Waals surface area contributed by atoms with Gasteiger partial charge in [0.05, 0.1) is 19.3 Å². The van der Waals surface area contributed by atoms with Gasteiger partial charge in [-0.05, 0) is 19.3 Å². The summed E-state index contributed by atoms with van der Waals surface area (Å²) < 4.78 is 5.66. The molecule has 5 nitrogen and oxygen atoms in total. The number of hydrogen-bond donors (Lipinski definition) is 1. The molecule has 0 bridgehead atoms. The summed E-state index contributed by atoms with van der Waals surface area (Å²) in [6.45, 7) is 7.78. The van der Waals surface area contributed by atoms with Gasteiger partial charge in [0.25, 0.3) is 0 Å². The molecule has 0 spiro atoms. The van der Waals surface area contributed by atoms with Crippen LogP contribution < -0.4 is 10.2 Å². The molecule has 1 aliphatic heterocycles. The van der Waals surface area contributed by atoms with Crippen LogP contribution in [0.25, 0.3) is 0 Å². The molecule has 1 unspecified atom stereocenters. The Labute approximate surface area is 120 Å². The maximum Gasteiger partial charge on any atom is 0.135 e. The van der Waals surface area contributed by atoms with E-state index in [4.69, 9.17) is 4.74 Å². The standard InChI is InChI=1S/C15H24N4O/c1-11(2)16-8-12-9-20-7-6-19(12)15-13-4-3-5-14(13)17-10-18-15/h10-12,16H,3-9H2,1-2H3. The second-order valence-electron chi connectivity index (χ2n) is 5.96. The number of nitrogens with one attached hydrogen (secondary N) is 1. The lowest BCUT2D eigenvalue weighted by atomic mass is 10.1. The highest BCUT2D eigenvalue weighted by molar-refractivity contribution is 5.51. The summed E-state index contributed by atoms with van der Waals surface area (Å²) in [5.74, 6) is 1.14. The summed E-state index contributed by atoms with van der Waals surface area (Å²) in [6, 6.07) is 0.862. The number of hydrogen-bond acceptors (Lipinski definition) is 5. The summed E-state index contributed by atoms with van der Waals surface area (Å²) in [7, 11) is 0. The van der Waals surface area contributed by atoms with Crippen molar-refractivity contribution in [2.45, 2.75) is 45.2 Å². The third-order valence-electron chi connectivity index (χ3n) is 4.11. The summed E-state index contributed by atoms with van der Waals surface area (Å²) in [5.41, 5.74) is 2.61. The highest BCUT2D eigenvalue weighted by atomic mass is 16.5. The molecule has 0 radical (unpaired) electrons. The van der Waals surface area contributed by atoms with Gasteiger partial charge in [0.2, 0.25) is 0 Å². The Morgan fingerprint density at radius 2 is 2.30 bits per heavy atom. The Balaban J connectivity index is 1.81.